The summed E-state index contributed by atoms with van der Waals surface area (Å²) in [6.45, 7) is 7.86. The van der Waals surface area contributed by atoms with Crippen LogP contribution in [0.15, 0.2) is 11.1 Å². The van der Waals surface area contributed by atoms with Crippen molar-refractivity contribution in [3.63, 3.8) is 0 Å². The zero-order valence-electron chi connectivity index (χ0n) is 19.6. The van der Waals surface area contributed by atoms with Gasteiger partial charge in [0, 0.05) is 26.8 Å². The maximum Gasteiger partial charge on any atom is 0.316 e. The smallest absolute Gasteiger partial charge is 0.316 e. The average molecular weight is 482 g/mol. The van der Waals surface area contributed by atoms with E-state index in [4.69, 9.17) is 15.0 Å². The Kier molecular flexibility index (Phi) is 6.18. The van der Waals surface area contributed by atoms with Crippen molar-refractivity contribution in [1.29, 1.82) is 0 Å². The molecule has 0 radical (unpaired) electrons. The molecule has 0 bridgehead atoms. The molecule has 12 heteroatoms. The van der Waals surface area contributed by atoms with E-state index in [-0.39, 0.29) is 17.1 Å². The molecule has 11 nitrogen and oxygen atoms in total. The fourth-order valence-electron chi connectivity index (χ4n) is 4.55. The summed E-state index contributed by atoms with van der Waals surface area (Å²) < 4.78 is 15.2. The van der Waals surface area contributed by atoms with E-state index in [1.807, 2.05) is 27.7 Å². The molecule has 1 saturated heterocycles. The van der Waals surface area contributed by atoms with Gasteiger partial charge in [0.15, 0.2) is 17.4 Å². The average Bonchev–Trinajstić information content (AvgIpc) is 3.09. The fraction of sp³-hybridized carbons (Fsp3) is 0.714. The van der Waals surface area contributed by atoms with Crippen LogP contribution in [0.1, 0.15) is 59.6 Å². The monoisotopic (exact) mass is 482 g/mol. The lowest BCUT2D eigenvalue weighted by Crippen LogP contribution is -2.39. The van der Waals surface area contributed by atoms with Gasteiger partial charge in [0.05, 0.1) is 12.4 Å². The molecule has 0 aliphatic carbocycles. The van der Waals surface area contributed by atoms with Crippen molar-refractivity contribution in [2.75, 3.05) is 5.73 Å². The molecular weight excluding hydrogens is 449 g/mol. The molecule has 3 unspecified atom stereocenters. The zero-order valence-corrected chi connectivity index (χ0v) is 20.5. The largest absolute Gasteiger partial charge is 0.388 e. The van der Waals surface area contributed by atoms with Gasteiger partial charge in [0.25, 0.3) is 5.56 Å². The highest BCUT2D eigenvalue weighted by atomic mass is 31.1. The van der Waals surface area contributed by atoms with Crippen LogP contribution in [-0.4, -0.2) is 69.0 Å². The van der Waals surface area contributed by atoms with Gasteiger partial charge in [0.2, 0.25) is 11.2 Å². The molecule has 0 amide bonds. The highest BCUT2D eigenvalue weighted by Gasteiger charge is 2.68. The van der Waals surface area contributed by atoms with Crippen molar-refractivity contribution in [1.82, 2.24) is 19.1 Å². The first kappa shape index (κ1) is 24.3. The second kappa shape index (κ2) is 8.41. The Morgan fingerprint density at radius 1 is 1.30 bits per heavy atom. The second-order valence-electron chi connectivity index (χ2n) is 8.94. The molecule has 0 aromatic carbocycles. The van der Waals surface area contributed by atoms with Gasteiger partial charge in [-0.3, -0.25) is 13.9 Å². The van der Waals surface area contributed by atoms with E-state index in [0.717, 1.165) is 5.29 Å². The second-order valence-corrected chi connectivity index (χ2v) is 11.1. The number of nitrogens with two attached hydrogens (primary N) is 1. The molecule has 2 aromatic heterocycles. The maximum atomic E-state index is 12.4. The third kappa shape index (κ3) is 3.71. The molecule has 2 aliphatic rings. The van der Waals surface area contributed by atoms with Crippen LogP contribution in [0.4, 0.5) is 5.95 Å². The Hall–Kier alpha value is -1.88. The van der Waals surface area contributed by atoms with Crippen LogP contribution in [0.3, 0.4) is 0 Å². The van der Waals surface area contributed by atoms with Crippen LogP contribution in [0.25, 0.3) is 11.2 Å². The van der Waals surface area contributed by atoms with Gasteiger partial charge < -0.3 is 25.8 Å². The molecule has 0 saturated carbocycles. The van der Waals surface area contributed by atoms with Gasteiger partial charge in [-0.2, -0.15) is 9.51 Å². The normalized spacial score (nSPS) is 31.0. The topological polar surface area (TPSA) is 158 Å². The minimum absolute atomic E-state index is 0.00463. The lowest BCUT2D eigenvalue weighted by molar-refractivity contribution is -0.0667. The summed E-state index contributed by atoms with van der Waals surface area (Å²) >= 11 is 0. The predicted molar refractivity (Wildman–Crippen MR) is 125 cm³/mol. The highest BCUT2D eigenvalue weighted by molar-refractivity contribution is 7.67. The lowest BCUT2D eigenvalue weighted by Gasteiger charge is -2.30. The summed E-state index contributed by atoms with van der Waals surface area (Å²) in [5.41, 5.74) is 5.09. The summed E-state index contributed by atoms with van der Waals surface area (Å²) in [5.74, 6) is 0.00463. The van der Waals surface area contributed by atoms with Crippen molar-refractivity contribution < 1.29 is 24.6 Å². The highest BCUT2D eigenvalue weighted by Crippen LogP contribution is 2.62. The maximum absolute atomic E-state index is 12.4. The molecule has 2 aromatic rings. The van der Waals surface area contributed by atoms with E-state index in [9.17, 15) is 20.1 Å². The Labute approximate surface area is 192 Å². The lowest BCUT2D eigenvalue weighted by atomic mass is 9.88. The van der Waals surface area contributed by atoms with Gasteiger partial charge in [0.1, 0.15) is 17.8 Å². The number of hydrogen-bond acceptors (Lipinski definition) is 9. The van der Waals surface area contributed by atoms with E-state index in [0.29, 0.717) is 25.7 Å². The van der Waals surface area contributed by atoms with Crippen LogP contribution in [-0.2, 0) is 16.3 Å². The van der Waals surface area contributed by atoms with Crippen molar-refractivity contribution in [3.8, 4) is 0 Å². The van der Waals surface area contributed by atoms with Crippen molar-refractivity contribution in [2.24, 2.45) is 7.05 Å². The third-order valence-corrected chi connectivity index (χ3v) is 9.91. The van der Waals surface area contributed by atoms with Gasteiger partial charge in [-0.25, -0.2) is 4.98 Å². The Morgan fingerprint density at radius 3 is 2.55 bits per heavy atom. The molecule has 0 spiro atoms. The molecule has 2 aliphatic heterocycles. The summed E-state index contributed by atoms with van der Waals surface area (Å²) in [6, 6.07) is 0. The Bertz CT molecular complexity index is 1160. The number of nitrogens with zero attached hydrogens (tertiary/aromatic N) is 4. The van der Waals surface area contributed by atoms with E-state index in [2.05, 4.69) is 9.97 Å². The van der Waals surface area contributed by atoms with E-state index in [1.165, 1.54) is 22.5 Å². The first-order valence-electron chi connectivity index (χ1n) is 11.3. The Balaban J connectivity index is 1.60. The number of aliphatic hydroxyl groups excluding tert-OH is 2. The first-order valence-corrected chi connectivity index (χ1v) is 12.6. The van der Waals surface area contributed by atoms with E-state index >= 15 is 0 Å². The summed E-state index contributed by atoms with van der Waals surface area (Å²) in [6.07, 6.45) is -0.555. The fourth-order valence-corrected chi connectivity index (χ4v) is 6.87. The molecular formula is C21H33N5O6P+. The summed E-state index contributed by atoms with van der Waals surface area (Å²) in [5, 5.41) is 32.4. The number of rotatable bonds is 8. The third-order valence-electron chi connectivity index (χ3n) is 7.26. The standard InChI is InChI=1S/C21H32N5O6P/c1-6-20(7-2,32-33-11(4)21(33,30)8-3)9-12-14(27)15(28)18(31-12)26-10-23-13-16(26)24-19(22)25(5)17(13)29/h10,12,14-15,18,27-28,30H,6-9H2,1-5H3,(H-,22,24,29)/p+1/t12-,14-,15-,18?,21?/m1/s1. The van der Waals surface area contributed by atoms with Gasteiger partial charge >= 0.3 is 13.1 Å². The minimum atomic E-state index is -1.27. The van der Waals surface area contributed by atoms with Crippen LogP contribution in [0.2, 0.25) is 0 Å². The van der Waals surface area contributed by atoms with Crippen molar-refractivity contribution in [2.45, 2.75) is 88.9 Å². The van der Waals surface area contributed by atoms with Crippen LogP contribution in [0, 0.1) is 0 Å². The molecule has 6 atom stereocenters. The quantitative estimate of drug-likeness (QED) is 0.403. The van der Waals surface area contributed by atoms with Gasteiger partial charge in [-0.1, -0.05) is 20.8 Å². The number of anilines is 1. The van der Waals surface area contributed by atoms with Crippen LogP contribution >= 0.6 is 7.77 Å². The number of hydrogen-bond donors (Lipinski definition) is 4. The van der Waals surface area contributed by atoms with Crippen LogP contribution < -0.4 is 11.3 Å². The summed E-state index contributed by atoms with van der Waals surface area (Å²) in [7, 11) is 0.412. The molecule has 5 N–H and O–H groups in total. The van der Waals surface area contributed by atoms with E-state index < -0.39 is 48.8 Å². The molecule has 4 rings (SSSR count). The van der Waals surface area contributed by atoms with Gasteiger partial charge in [-0.05, 0) is 12.8 Å². The van der Waals surface area contributed by atoms with Crippen molar-refractivity contribution >= 4 is 30.2 Å². The molecule has 1 fully saturated rings. The number of ether oxygens (including phenoxy) is 1. The number of aliphatic hydroxyl groups is 3. The molecule has 33 heavy (non-hydrogen) atoms. The Morgan fingerprint density at radius 2 is 1.97 bits per heavy atom. The predicted octanol–water partition coefficient (Wildman–Crippen LogP) is 0.998. The number of imidazole rings is 1. The SMILES string of the molecule is CCC(CC)(C[C@H]1OC(n2cnc3c(=O)n(C)c(N)nc32)[C@H](O)[C@@H]1O)O[P+]1=C(C)C1(O)CC. The number of aromatic nitrogens is 4. The zero-order chi connectivity index (χ0) is 24.3. The van der Waals surface area contributed by atoms with Crippen LogP contribution in [0.5, 0.6) is 0 Å². The first-order chi connectivity index (χ1) is 15.5. The number of fused-ring (bicyclic) bond motifs is 1. The number of nitrogen functional groups attached to an aromatic ring is 1. The molecule has 4 heterocycles. The van der Waals surface area contributed by atoms with Gasteiger partial charge in [-0.15, -0.1) is 0 Å². The van der Waals surface area contributed by atoms with E-state index in [1.54, 1.807) is 0 Å². The molecule has 182 valence electrons. The minimum Gasteiger partial charge on any atom is -0.388 e. The summed E-state index contributed by atoms with van der Waals surface area (Å²) in [4.78, 5) is 20.8. The van der Waals surface area contributed by atoms with Crippen molar-refractivity contribution in [3.05, 3.63) is 16.7 Å².